The van der Waals surface area contributed by atoms with E-state index in [2.05, 4.69) is 33.0 Å². The van der Waals surface area contributed by atoms with E-state index in [1.54, 1.807) is 20.1 Å². The number of imide groups is 1. The molecule has 0 aliphatic carbocycles. The summed E-state index contributed by atoms with van der Waals surface area (Å²) in [6, 6.07) is 14.9. The van der Waals surface area contributed by atoms with E-state index < -0.39 is 11.6 Å². The van der Waals surface area contributed by atoms with Gasteiger partial charge in [0.25, 0.3) is 11.8 Å². The summed E-state index contributed by atoms with van der Waals surface area (Å²) < 4.78 is 5.29. The van der Waals surface area contributed by atoms with Crippen LogP contribution in [-0.4, -0.2) is 60.8 Å². The van der Waals surface area contributed by atoms with E-state index in [1.807, 2.05) is 30.3 Å². The van der Waals surface area contributed by atoms with Gasteiger partial charge in [-0.1, -0.05) is 24.3 Å². The van der Waals surface area contributed by atoms with Crippen molar-refractivity contribution in [3.05, 3.63) is 59.7 Å². The number of carbonyl (C=O) groups is 3. The second kappa shape index (κ2) is 10.5. The minimum absolute atomic E-state index is 0.0773. The van der Waals surface area contributed by atoms with E-state index in [-0.39, 0.29) is 17.9 Å². The molecule has 8 nitrogen and oxygen atoms in total. The molecule has 9 heteroatoms. The first-order chi connectivity index (χ1) is 16.4. The Morgan fingerprint density at radius 3 is 2.50 bits per heavy atom. The molecule has 2 aromatic rings. The monoisotopic (exact) mass is 482 g/mol. The maximum atomic E-state index is 13.2. The average Bonchev–Trinajstić information content (AvgIpc) is 3.46. The molecule has 2 saturated heterocycles. The summed E-state index contributed by atoms with van der Waals surface area (Å²) in [4.78, 5) is 40.0. The number of methoxy groups -OCH3 is 1. The van der Waals surface area contributed by atoms with Crippen LogP contribution >= 0.6 is 11.8 Å². The van der Waals surface area contributed by atoms with Gasteiger partial charge in [0.2, 0.25) is 0 Å². The lowest BCUT2D eigenvalue weighted by Gasteiger charge is -2.28. The maximum absolute atomic E-state index is 13.2. The molecule has 0 unspecified atom stereocenters. The number of nitrogens with zero attached hydrogens (tertiary/aromatic N) is 1. The van der Waals surface area contributed by atoms with Crippen LogP contribution in [0.3, 0.4) is 0 Å². The molecule has 0 bridgehead atoms. The van der Waals surface area contributed by atoms with E-state index in [9.17, 15) is 14.4 Å². The normalized spacial score (nSPS) is 21.1. The van der Waals surface area contributed by atoms with Gasteiger partial charge in [-0.3, -0.25) is 19.8 Å². The highest BCUT2D eigenvalue weighted by Gasteiger charge is 2.42. The van der Waals surface area contributed by atoms with Crippen molar-refractivity contribution in [3.8, 4) is 5.75 Å². The van der Waals surface area contributed by atoms with E-state index in [0.717, 1.165) is 42.1 Å². The summed E-state index contributed by atoms with van der Waals surface area (Å²) in [5, 5.41) is 8.05. The van der Waals surface area contributed by atoms with Crippen LogP contribution in [0.5, 0.6) is 5.75 Å². The molecule has 3 N–H and O–H groups in total. The number of likely N-dealkylation sites (tertiary alicyclic amines) is 1. The van der Waals surface area contributed by atoms with Gasteiger partial charge in [-0.15, -0.1) is 11.8 Å². The lowest BCUT2D eigenvalue weighted by atomic mass is 10.0. The standard InChI is InChI=1S/C25H30N4O4S/c1-25(23(31)27-24(32)28-25)16-34-21-8-4-3-7-19(21)22(30)26-15-20(29-13-5-6-14-29)17-9-11-18(33-2)12-10-17/h3-4,7-12,20H,5-6,13-16H2,1-2H3,(H,26,30)(H2,27,28,31,32)/t20-,25+/m1/s1. The SMILES string of the molecule is COc1ccc([C@@H](CNC(=O)c2ccccc2SC[C@]2(C)NC(=O)NC2=O)N2CCCC2)cc1. The molecule has 2 fully saturated rings. The molecule has 2 heterocycles. The Balaban J connectivity index is 1.45. The van der Waals surface area contributed by atoms with Gasteiger partial charge in [0.15, 0.2) is 0 Å². The predicted molar refractivity (Wildman–Crippen MR) is 131 cm³/mol. The molecular formula is C25H30N4O4S. The number of amides is 4. The number of rotatable bonds is 9. The van der Waals surface area contributed by atoms with Gasteiger partial charge >= 0.3 is 6.03 Å². The lowest BCUT2D eigenvalue weighted by molar-refractivity contribution is -0.122. The van der Waals surface area contributed by atoms with Crippen LogP contribution in [0.4, 0.5) is 4.79 Å². The lowest BCUT2D eigenvalue weighted by Crippen LogP contribution is -2.46. The first kappa shape index (κ1) is 24.1. The molecule has 2 aliphatic rings. The van der Waals surface area contributed by atoms with Crippen LogP contribution in [0, 0.1) is 0 Å². The van der Waals surface area contributed by atoms with Gasteiger partial charge in [0.05, 0.1) is 18.7 Å². The third kappa shape index (κ3) is 5.37. The van der Waals surface area contributed by atoms with E-state index in [1.165, 1.54) is 11.8 Å². The van der Waals surface area contributed by atoms with Gasteiger partial charge < -0.3 is 15.4 Å². The summed E-state index contributed by atoms with van der Waals surface area (Å²) in [5.74, 6) is 0.599. The molecule has 0 radical (unpaired) electrons. The Hall–Kier alpha value is -3.04. The zero-order chi connectivity index (χ0) is 24.1. The summed E-state index contributed by atoms with van der Waals surface area (Å²) in [6.07, 6.45) is 2.31. The first-order valence-corrected chi connectivity index (χ1v) is 12.4. The number of nitrogens with one attached hydrogen (secondary N) is 3. The number of hydrogen-bond acceptors (Lipinski definition) is 6. The van der Waals surface area contributed by atoms with E-state index in [4.69, 9.17) is 4.74 Å². The van der Waals surface area contributed by atoms with Gasteiger partial charge in [-0.2, -0.15) is 0 Å². The number of urea groups is 1. The van der Waals surface area contributed by atoms with Crippen molar-refractivity contribution in [2.45, 2.75) is 36.2 Å². The molecule has 4 rings (SSSR count). The van der Waals surface area contributed by atoms with E-state index >= 15 is 0 Å². The summed E-state index contributed by atoms with van der Waals surface area (Å²) in [5.41, 5.74) is 0.679. The Morgan fingerprint density at radius 1 is 1.15 bits per heavy atom. The fraction of sp³-hybridized carbons (Fsp3) is 0.400. The molecule has 0 spiro atoms. The minimum Gasteiger partial charge on any atom is -0.497 e. The van der Waals surface area contributed by atoms with Gasteiger partial charge in [0, 0.05) is 17.2 Å². The smallest absolute Gasteiger partial charge is 0.322 e. The van der Waals surface area contributed by atoms with Crippen LogP contribution < -0.4 is 20.7 Å². The van der Waals surface area contributed by atoms with Crippen molar-refractivity contribution < 1.29 is 19.1 Å². The number of benzene rings is 2. The van der Waals surface area contributed by atoms with Crippen LogP contribution in [-0.2, 0) is 4.79 Å². The fourth-order valence-electron chi connectivity index (χ4n) is 4.31. The highest BCUT2D eigenvalue weighted by atomic mass is 32.2. The Morgan fingerprint density at radius 2 is 1.85 bits per heavy atom. The van der Waals surface area contributed by atoms with Crippen molar-refractivity contribution >= 4 is 29.6 Å². The van der Waals surface area contributed by atoms with Crippen molar-refractivity contribution in [3.63, 3.8) is 0 Å². The molecule has 0 saturated carbocycles. The second-order valence-electron chi connectivity index (χ2n) is 8.77. The van der Waals surface area contributed by atoms with Gasteiger partial charge in [0.1, 0.15) is 11.3 Å². The topological polar surface area (TPSA) is 99.8 Å². The quantitative estimate of drug-likeness (QED) is 0.375. The highest BCUT2D eigenvalue weighted by Crippen LogP contribution is 2.29. The summed E-state index contributed by atoms with van der Waals surface area (Å²) in [7, 11) is 1.65. The fourth-order valence-corrected chi connectivity index (χ4v) is 5.44. The number of carbonyl (C=O) groups excluding carboxylic acids is 3. The second-order valence-corrected chi connectivity index (χ2v) is 9.78. The van der Waals surface area contributed by atoms with Crippen LogP contribution in [0.2, 0.25) is 0 Å². The summed E-state index contributed by atoms with van der Waals surface area (Å²) >= 11 is 1.38. The molecule has 2 atom stereocenters. The largest absolute Gasteiger partial charge is 0.497 e. The van der Waals surface area contributed by atoms with Crippen molar-refractivity contribution in [1.29, 1.82) is 0 Å². The molecule has 34 heavy (non-hydrogen) atoms. The molecule has 180 valence electrons. The summed E-state index contributed by atoms with van der Waals surface area (Å²) in [6.45, 7) is 4.18. The molecule has 0 aromatic heterocycles. The zero-order valence-corrected chi connectivity index (χ0v) is 20.2. The van der Waals surface area contributed by atoms with Gasteiger partial charge in [-0.25, -0.2) is 4.79 Å². The molecule has 2 aromatic carbocycles. The number of ether oxygens (including phenoxy) is 1. The Kier molecular flexibility index (Phi) is 7.43. The van der Waals surface area contributed by atoms with Crippen molar-refractivity contribution in [1.82, 2.24) is 20.9 Å². The van der Waals surface area contributed by atoms with Crippen molar-refractivity contribution in [2.24, 2.45) is 0 Å². The minimum atomic E-state index is -1.01. The third-order valence-corrected chi connectivity index (χ3v) is 7.69. The number of thioether (sulfide) groups is 1. The van der Waals surface area contributed by atoms with E-state index in [0.29, 0.717) is 17.9 Å². The maximum Gasteiger partial charge on any atom is 0.322 e. The van der Waals surface area contributed by atoms with Crippen molar-refractivity contribution in [2.75, 3.05) is 32.5 Å². The molecule has 4 amide bonds. The molecule has 2 aliphatic heterocycles. The first-order valence-electron chi connectivity index (χ1n) is 11.4. The van der Waals surface area contributed by atoms with Crippen LogP contribution in [0.25, 0.3) is 0 Å². The van der Waals surface area contributed by atoms with Gasteiger partial charge in [-0.05, 0) is 62.7 Å². The van der Waals surface area contributed by atoms with Crippen LogP contribution in [0.1, 0.15) is 41.7 Å². The Labute approximate surface area is 203 Å². The number of hydrogen-bond donors (Lipinski definition) is 3. The third-order valence-electron chi connectivity index (χ3n) is 6.30. The van der Waals surface area contributed by atoms with Crippen LogP contribution in [0.15, 0.2) is 53.4 Å². The highest BCUT2D eigenvalue weighted by molar-refractivity contribution is 7.99. The zero-order valence-electron chi connectivity index (χ0n) is 19.4. The molecular weight excluding hydrogens is 452 g/mol. The average molecular weight is 483 g/mol. The predicted octanol–water partition coefficient (Wildman–Crippen LogP) is 2.95. The Bertz CT molecular complexity index is 1060.